The molecule has 0 unspecified atom stereocenters. The lowest BCUT2D eigenvalue weighted by atomic mass is 9.55. The van der Waals surface area contributed by atoms with Crippen molar-refractivity contribution < 1.29 is 0 Å². The van der Waals surface area contributed by atoms with Crippen molar-refractivity contribution in [1.29, 1.82) is 0 Å². The van der Waals surface area contributed by atoms with Crippen molar-refractivity contribution in [1.82, 2.24) is 15.0 Å². The van der Waals surface area contributed by atoms with Gasteiger partial charge in [-0.15, -0.1) is 0 Å². The Morgan fingerprint density at radius 2 is 0.609 bits per heavy atom. The first-order chi connectivity index (χ1) is 31.5. The number of nitrogens with zero attached hydrogens (tertiary/aromatic N) is 3. The lowest BCUT2D eigenvalue weighted by Gasteiger charge is -2.46. The highest BCUT2D eigenvalue weighted by molar-refractivity contribution is 5.91. The van der Waals surface area contributed by atoms with Crippen LogP contribution in [0.5, 0.6) is 0 Å². The molecule has 0 atom stereocenters. The highest BCUT2D eigenvalue weighted by Gasteiger charge is 2.53. The Morgan fingerprint density at radius 1 is 0.250 bits per heavy atom. The van der Waals surface area contributed by atoms with Gasteiger partial charge in [0.2, 0.25) is 0 Å². The van der Waals surface area contributed by atoms with Gasteiger partial charge in [-0.25, -0.2) is 15.0 Å². The van der Waals surface area contributed by atoms with Gasteiger partial charge in [-0.05, 0) is 90.0 Å². The molecular formula is C61H43N3. The van der Waals surface area contributed by atoms with E-state index < -0.39 is 5.41 Å². The summed E-state index contributed by atoms with van der Waals surface area (Å²) in [6.45, 7) is 4.74. The zero-order valence-corrected chi connectivity index (χ0v) is 35.7. The SMILES string of the molecule is CC1(C)c2ccccc2C2(c3ccccc3-c3cc(-c4cccc(-c5nc(-c6ccc(-c7ccccc7)cc6)nc(-c6ccc(-c7ccccc7)cc6)n5)c4)ccc32)c2ccccc21. The van der Waals surface area contributed by atoms with E-state index in [4.69, 9.17) is 15.0 Å². The Morgan fingerprint density at radius 3 is 1.16 bits per heavy atom. The largest absolute Gasteiger partial charge is 0.208 e. The Hall–Kier alpha value is -8.01. The summed E-state index contributed by atoms with van der Waals surface area (Å²) >= 11 is 0. The van der Waals surface area contributed by atoms with Crippen LogP contribution in [0.15, 0.2) is 224 Å². The van der Waals surface area contributed by atoms with E-state index in [1.54, 1.807) is 0 Å². The van der Waals surface area contributed by atoms with Gasteiger partial charge in [-0.3, -0.25) is 0 Å². The molecule has 1 spiro atoms. The molecule has 0 N–H and O–H groups in total. The molecule has 302 valence electrons. The van der Waals surface area contributed by atoms with E-state index in [2.05, 4.69) is 226 Å². The van der Waals surface area contributed by atoms with Crippen molar-refractivity contribution in [3.8, 4) is 78.7 Å². The molecule has 3 nitrogen and oxygen atoms in total. The van der Waals surface area contributed by atoms with Crippen molar-refractivity contribution in [2.75, 3.05) is 0 Å². The minimum absolute atomic E-state index is 0.136. The van der Waals surface area contributed by atoms with Crippen LogP contribution in [0.25, 0.3) is 78.7 Å². The first-order valence-corrected chi connectivity index (χ1v) is 22.1. The Bertz CT molecular complexity index is 3240. The molecule has 0 saturated heterocycles. The summed E-state index contributed by atoms with van der Waals surface area (Å²) in [7, 11) is 0. The molecule has 1 heterocycles. The van der Waals surface area contributed by atoms with Gasteiger partial charge in [0, 0.05) is 22.1 Å². The normalized spacial score (nSPS) is 13.7. The monoisotopic (exact) mass is 817 g/mol. The second-order valence-corrected chi connectivity index (χ2v) is 17.5. The van der Waals surface area contributed by atoms with Gasteiger partial charge in [0.1, 0.15) is 0 Å². The molecule has 2 aliphatic rings. The molecule has 1 aromatic heterocycles. The summed E-state index contributed by atoms with van der Waals surface area (Å²) in [6.07, 6.45) is 0. The van der Waals surface area contributed by atoms with Gasteiger partial charge < -0.3 is 0 Å². The smallest absolute Gasteiger partial charge is 0.164 e. The van der Waals surface area contributed by atoms with E-state index in [0.29, 0.717) is 17.5 Å². The van der Waals surface area contributed by atoms with Crippen LogP contribution < -0.4 is 0 Å². The van der Waals surface area contributed by atoms with Crippen LogP contribution in [0, 0.1) is 0 Å². The molecule has 0 aliphatic heterocycles. The van der Waals surface area contributed by atoms with Crippen LogP contribution in [0.1, 0.15) is 47.2 Å². The highest BCUT2D eigenvalue weighted by Crippen LogP contribution is 2.62. The zero-order valence-electron chi connectivity index (χ0n) is 35.7. The zero-order chi connectivity index (χ0) is 42.8. The molecule has 2 aliphatic carbocycles. The van der Waals surface area contributed by atoms with Crippen LogP contribution in [0.3, 0.4) is 0 Å². The number of aromatic nitrogens is 3. The van der Waals surface area contributed by atoms with Crippen LogP contribution >= 0.6 is 0 Å². The average molecular weight is 818 g/mol. The molecule has 0 fully saturated rings. The molecule has 9 aromatic carbocycles. The van der Waals surface area contributed by atoms with Gasteiger partial charge in [-0.2, -0.15) is 0 Å². The average Bonchev–Trinajstić information content (AvgIpc) is 3.66. The van der Waals surface area contributed by atoms with Crippen molar-refractivity contribution in [2.45, 2.75) is 24.7 Å². The quantitative estimate of drug-likeness (QED) is 0.168. The summed E-state index contributed by atoms with van der Waals surface area (Å²) in [5, 5.41) is 0. The predicted molar refractivity (Wildman–Crippen MR) is 262 cm³/mol. The number of hydrogen-bond donors (Lipinski definition) is 0. The van der Waals surface area contributed by atoms with E-state index in [1.807, 2.05) is 12.1 Å². The van der Waals surface area contributed by atoms with Gasteiger partial charge in [0.15, 0.2) is 17.5 Å². The first kappa shape index (κ1) is 37.7. The van der Waals surface area contributed by atoms with E-state index >= 15 is 0 Å². The number of rotatable bonds is 6. The molecule has 0 saturated carbocycles. The Kier molecular flexibility index (Phi) is 8.74. The van der Waals surface area contributed by atoms with Crippen molar-refractivity contribution in [3.63, 3.8) is 0 Å². The van der Waals surface area contributed by atoms with Crippen LogP contribution in [-0.2, 0) is 10.8 Å². The fourth-order valence-electron chi connectivity index (χ4n) is 10.5. The molecule has 12 rings (SSSR count). The van der Waals surface area contributed by atoms with E-state index in [9.17, 15) is 0 Å². The first-order valence-electron chi connectivity index (χ1n) is 22.1. The Labute approximate surface area is 374 Å². The third kappa shape index (κ3) is 5.92. The van der Waals surface area contributed by atoms with E-state index in [0.717, 1.165) is 38.9 Å². The number of hydrogen-bond acceptors (Lipinski definition) is 3. The molecule has 3 heteroatoms. The van der Waals surface area contributed by atoms with E-state index in [-0.39, 0.29) is 5.41 Å². The van der Waals surface area contributed by atoms with Gasteiger partial charge in [0.05, 0.1) is 5.41 Å². The van der Waals surface area contributed by atoms with Crippen molar-refractivity contribution in [2.24, 2.45) is 0 Å². The van der Waals surface area contributed by atoms with E-state index in [1.165, 1.54) is 55.6 Å². The maximum Gasteiger partial charge on any atom is 0.164 e. The molecule has 0 bridgehead atoms. The summed E-state index contributed by atoms with van der Waals surface area (Å²) in [5.74, 6) is 1.89. The fraction of sp³-hybridized carbons (Fsp3) is 0.0656. The van der Waals surface area contributed by atoms with Crippen LogP contribution in [0.2, 0.25) is 0 Å². The second kappa shape index (κ2) is 14.8. The standard InChI is InChI=1S/C61H43N3/c1-60(2)53-24-11-13-26-55(53)61(56-27-14-12-25-54(56)60)51-23-10-9-22-49(51)50-39-47(36-37-52(50)61)46-20-15-21-48(38-46)59-63-57(44-32-28-42(29-33-44)40-16-5-3-6-17-40)62-58(64-59)45-34-30-43(31-35-45)41-18-7-4-8-19-41/h3-39H,1-2H3. The van der Waals surface area contributed by atoms with Gasteiger partial charge in [0.25, 0.3) is 0 Å². The van der Waals surface area contributed by atoms with Crippen molar-refractivity contribution in [3.05, 3.63) is 258 Å². The minimum Gasteiger partial charge on any atom is -0.208 e. The maximum absolute atomic E-state index is 5.18. The molecule has 10 aromatic rings. The van der Waals surface area contributed by atoms with Crippen LogP contribution in [0.4, 0.5) is 0 Å². The summed E-state index contributed by atoms with van der Waals surface area (Å²) in [5.41, 5.74) is 19.8. The summed E-state index contributed by atoms with van der Waals surface area (Å²) in [6, 6.07) is 80.9. The molecule has 0 amide bonds. The lowest BCUT2D eigenvalue weighted by molar-refractivity contribution is 0.563. The maximum atomic E-state index is 5.18. The molecular weight excluding hydrogens is 775 g/mol. The summed E-state index contributed by atoms with van der Waals surface area (Å²) in [4.78, 5) is 15.5. The molecule has 64 heavy (non-hydrogen) atoms. The van der Waals surface area contributed by atoms with Gasteiger partial charge in [-0.1, -0.05) is 226 Å². The number of fused-ring (bicyclic) bond motifs is 9. The topological polar surface area (TPSA) is 38.7 Å². The highest BCUT2D eigenvalue weighted by atomic mass is 15.0. The Balaban J connectivity index is 0.979. The third-order valence-corrected chi connectivity index (χ3v) is 13.6. The van der Waals surface area contributed by atoms with Gasteiger partial charge >= 0.3 is 0 Å². The van der Waals surface area contributed by atoms with Crippen LogP contribution in [-0.4, -0.2) is 15.0 Å². The summed E-state index contributed by atoms with van der Waals surface area (Å²) < 4.78 is 0. The molecule has 0 radical (unpaired) electrons. The second-order valence-electron chi connectivity index (χ2n) is 17.5. The minimum atomic E-state index is -0.425. The third-order valence-electron chi connectivity index (χ3n) is 13.6. The lowest BCUT2D eigenvalue weighted by Crippen LogP contribution is -2.40. The predicted octanol–water partition coefficient (Wildman–Crippen LogP) is 14.9. The fourth-order valence-corrected chi connectivity index (χ4v) is 10.5. The van der Waals surface area contributed by atoms with Crippen molar-refractivity contribution >= 4 is 0 Å². The number of benzene rings is 9.